The average molecular weight is 434 g/mol. The van der Waals surface area contributed by atoms with E-state index in [1.165, 1.54) is 0 Å². The van der Waals surface area contributed by atoms with Gasteiger partial charge in [0, 0.05) is 42.5 Å². The minimum Gasteiger partial charge on any atom is -0.339 e. The third-order valence-electron chi connectivity index (χ3n) is 5.56. The van der Waals surface area contributed by atoms with Crippen LogP contribution in [0.1, 0.15) is 13.8 Å². The van der Waals surface area contributed by atoms with Crippen LogP contribution in [0.5, 0.6) is 0 Å². The lowest BCUT2D eigenvalue weighted by Crippen LogP contribution is -2.38. The SMILES string of the molecule is CC(=N)N1C(=N)[C@H](C)CN(c2ccc(Cl)cc2)c2cc(-c3ccc(=O)n(C)c3)ccc21. The summed E-state index contributed by atoms with van der Waals surface area (Å²) >= 11 is 6.12. The van der Waals surface area contributed by atoms with E-state index in [1.807, 2.05) is 55.6 Å². The molecule has 3 aromatic rings. The fourth-order valence-corrected chi connectivity index (χ4v) is 4.03. The fraction of sp³-hybridized carbons (Fsp3) is 0.208. The normalized spacial score (nSPS) is 16.1. The third kappa shape index (κ3) is 3.86. The summed E-state index contributed by atoms with van der Waals surface area (Å²) in [7, 11) is 1.73. The Balaban J connectivity index is 1.94. The highest BCUT2D eigenvalue weighted by Gasteiger charge is 2.31. The average Bonchev–Trinajstić information content (AvgIpc) is 2.85. The molecule has 1 aromatic heterocycles. The Labute approximate surface area is 186 Å². The summed E-state index contributed by atoms with van der Waals surface area (Å²) in [4.78, 5) is 15.7. The number of hydrogen-bond donors (Lipinski definition) is 2. The molecule has 0 aliphatic carbocycles. The van der Waals surface area contributed by atoms with Crippen molar-refractivity contribution in [3.8, 4) is 11.1 Å². The van der Waals surface area contributed by atoms with Crippen molar-refractivity contribution in [1.29, 1.82) is 10.8 Å². The van der Waals surface area contributed by atoms with E-state index in [1.54, 1.807) is 29.5 Å². The van der Waals surface area contributed by atoms with Crippen molar-refractivity contribution in [3.63, 3.8) is 0 Å². The fourth-order valence-electron chi connectivity index (χ4n) is 3.91. The van der Waals surface area contributed by atoms with Gasteiger partial charge in [-0.3, -0.25) is 20.5 Å². The smallest absolute Gasteiger partial charge is 0.250 e. The number of anilines is 3. The van der Waals surface area contributed by atoms with Gasteiger partial charge < -0.3 is 9.47 Å². The van der Waals surface area contributed by atoms with Crippen LogP contribution < -0.4 is 15.4 Å². The Morgan fingerprint density at radius 2 is 1.71 bits per heavy atom. The molecular formula is C24H24ClN5O. The van der Waals surface area contributed by atoms with Crippen molar-refractivity contribution in [1.82, 2.24) is 4.57 Å². The second-order valence-electron chi connectivity index (χ2n) is 7.86. The quantitative estimate of drug-likeness (QED) is 0.426. The van der Waals surface area contributed by atoms with Gasteiger partial charge in [0.15, 0.2) is 0 Å². The molecule has 0 bridgehead atoms. The molecule has 6 nitrogen and oxygen atoms in total. The van der Waals surface area contributed by atoms with Crippen LogP contribution in [0.15, 0.2) is 65.6 Å². The highest BCUT2D eigenvalue weighted by atomic mass is 35.5. The van der Waals surface area contributed by atoms with Crippen molar-refractivity contribution < 1.29 is 0 Å². The molecule has 0 fully saturated rings. The summed E-state index contributed by atoms with van der Waals surface area (Å²) in [6, 6.07) is 17.0. The lowest BCUT2D eigenvalue weighted by Gasteiger charge is -2.27. The van der Waals surface area contributed by atoms with Crippen molar-refractivity contribution in [2.75, 3.05) is 16.3 Å². The molecular weight excluding hydrogens is 410 g/mol. The van der Waals surface area contributed by atoms with Crippen LogP contribution >= 0.6 is 11.6 Å². The number of nitrogens with zero attached hydrogens (tertiary/aromatic N) is 3. The molecule has 2 aromatic carbocycles. The van der Waals surface area contributed by atoms with E-state index in [0.717, 1.165) is 28.2 Å². The number of aryl methyl sites for hydroxylation is 1. The van der Waals surface area contributed by atoms with Crippen LogP contribution in [-0.4, -0.2) is 22.8 Å². The Kier molecular flexibility index (Phi) is 5.41. The van der Waals surface area contributed by atoms with Gasteiger partial charge in [-0.25, -0.2) is 0 Å². The molecule has 0 amide bonds. The van der Waals surface area contributed by atoms with Crippen molar-refractivity contribution in [2.24, 2.45) is 13.0 Å². The van der Waals surface area contributed by atoms with Gasteiger partial charge in [0.05, 0.1) is 11.4 Å². The summed E-state index contributed by atoms with van der Waals surface area (Å²) in [5.41, 5.74) is 4.46. The maximum atomic E-state index is 11.8. The number of benzene rings is 2. The molecule has 31 heavy (non-hydrogen) atoms. The van der Waals surface area contributed by atoms with E-state index in [0.29, 0.717) is 23.2 Å². The number of hydrogen-bond acceptors (Lipinski definition) is 4. The van der Waals surface area contributed by atoms with E-state index >= 15 is 0 Å². The Hall–Kier alpha value is -3.38. The van der Waals surface area contributed by atoms with Crippen molar-refractivity contribution in [3.05, 3.63) is 76.2 Å². The van der Waals surface area contributed by atoms with Gasteiger partial charge in [0.25, 0.3) is 0 Å². The third-order valence-corrected chi connectivity index (χ3v) is 5.82. The zero-order valence-electron chi connectivity index (χ0n) is 17.7. The Bertz CT molecular complexity index is 1230. The Morgan fingerprint density at radius 1 is 1.03 bits per heavy atom. The molecule has 0 unspecified atom stereocenters. The standard InChI is InChI=1S/C24H24ClN5O/c1-15-13-29(20-8-6-19(25)7-9-20)22-12-17(18-5-11-23(31)28(3)14-18)4-10-21(22)30(16(2)26)24(15)27/h4-12,14-15,26-27H,13H2,1-3H3/t15-/m1/s1. The maximum Gasteiger partial charge on any atom is 0.250 e. The molecule has 7 heteroatoms. The minimum atomic E-state index is -0.0932. The number of pyridine rings is 1. The molecule has 158 valence electrons. The predicted octanol–water partition coefficient (Wildman–Crippen LogP) is 5.27. The molecule has 0 spiro atoms. The summed E-state index contributed by atoms with van der Waals surface area (Å²) in [6.45, 7) is 4.29. The molecule has 2 heterocycles. The first-order valence-electron chi connectivity index (χ1n) is 10.0. The molecule has 0 saturated carbocycles. The van der Waals surface area contributed by atoms with Gasteiger partial charge in [-0.05, 0) is 60.5 Å². The van der Waals surface area contributed by atoms with Gasteiger partial charge in [-0.1, -0.05) is 24.6 Å². The van der Waals surface area contributed by atoms with Gasteiger partial charge in [-0.2, -0.15) is 0 Å². The predicted molar refractivity (Wildman–Crippen MR) is 128 cm³/mol. The second kappa shape index (κ2) is 8.04. The summed E-state index contributed by atoms with van der Waals surface area (Å²) in [5, 5.41) is 17.7. The monoisotopic (exact) mass is 433 g/mol. The zero-order valence-corrected chi connectivity index (χ0v) is 18.4. The van der Waals surface area contributed by atoms with E-state index in [2.05, 4.69) is 11.0 Å². The van der Waals surface area contributed by atoms with Gasteiger partial charge >= 0.3 is 0 Å². The van der Waals surface area contributed by atoms with E-state index in [4.69, 9.17) is 22.4 Å². The second-order valence-corrected chi connectivity index (χ2v) is 8.30. The molecule has 2 N–H and O–H groups in total. The van der Waals surface area contributed by atoms with Crippen LogP contribution in [0.25, 0.3) is 11.1 Å². The first-order valence-corrected chi connectivity index (χ1v) is 10.4. The summed E-state index contributed by atoms with van der Waals surface area (Å²) in [6.07, 6.45) is 1.82. The number of amidine groups is 2. The van der Waals surface area contributed by atoms with Crippen molar-refractivity contribution in [2.45, 2.75) is 13.8 Å². The number of nitrogens with one attached hydrogen (secondary N) is 2. The molecule has 1 aliphatic heterocycles. The molecule has 1 aliphatic rings. The number of halogens is 1. The maximum absolute atomic E-state index is 11.8. The highest BCUT2D eigenvalue weighted by Crippen LogP contribution is 2.41. The van der Waals surface area contributed by atoms with E-state index < -0.39 is 0 Å². The number of aromatic nitrogens is 1. The summed E-state index contributed by atoms with van der Waals surface area (Å²) in [5.74, 6) is 0.593. The lowest BCUT2D eigenvalue weighted by molar-refractivity contribution is 0.757. The van der Waals surface area contributed by atoms with E-state index in [9.17, 15) is 4.79 Å². The van der Waals surface area contributed by atoms with Gasteiger partial charge in [0.2, 0.25) is 5.56 Å². The van der Waals surface area contributed by atoms with Crippen LogP contribution in [0, 0.1) is 16.7 Å². The van der Waals surface area contributed by atoms with Crippen molar-refractivity contribution >= 4 is 40.3 Å². The van der Waals surface area contributed by atoms with Crippen LogP contribution in [0.2, 0.25) is 5.02 Å². The highest BCUT2D eigenvalue weighted by molar-refractivity contribution is 6.30. The summed E-state index contributed by atoms with van der Waals surface area (Å²) < 4.78 is 1.56. The molecule has 4 rings (SSSR count). The topological polar surface area (TPSA) is 76.2 Å². The number of fused-ring (bicyclic) bond motifs is 1. The van der Waals surface area contributed by atoms with Gasteiger partial charge in [0.1, 0.15) is 11.7 Å². The number of rotatable bonds is 2. The lowest BCUT2D eigenvalue weighted by atomic mass is 10.0. The zero-order chi connectivity index (χ0) is 22.3. The molecule has 1 atom stereocenters. The first kappa shape index (κ1) is 20.9. The first-order chi connectivity index (χ1) is 14.8. The van der Waals surface area contributed by atoms with Gasteiger partial charge in [-0.15, -0.1) is 0 Å². The molecule has 0 saturated heterocycles. The minimum absolute atomic E-state index is 0.0609. The van der Waals surface area contributed by atoms with E-state index in [-0.39, 0.29) is 11.5 Å². The van der Waals surface area contributed by atoms with Crippen LogP contribution in [-0.2, 0) is 7.05 Å². The van der Waals surface area contributed by atoms with Crippen LogP contribution in [0.3, 0.4) is 0 Å². The molecule has 0 radical (unpaired) electrons. The largest absolute Gasteiger partial charge is 0.339 e. The van der Waals surface area contributed by atoms with Crippen LogP contribution in [0.4, 0.5) is 17.1 Å². The Morgan fingerprint density at radius 3 is 2.35 bits per heavy atom.